The van der Waals surface area contributed by atoms with Crippen LogP contribution in [0.1, 0.15) is 26.5 Å². The molecule has 2 aromatic heterocycles. The van der Waals surface area contributed by atoms with Crippen LogP contribution in [0.3, 0.4) is 0 Å². The predicted molar refractivity (Wildman–Crippen MR) is 77.0 cm³/mol. The van der Waals surface area contributed by atoms with Crippen LogP contribution in [-0.2, 0) is 5.41 Å². The van der Waals surface area contributed by atoms with E-state index in [0.717, 1.165) is 23.5 Å². The lowest BCUT2D eigenvalue weighted by molar-refractivity contribution is 0.509. The van der Waals surface area contributed by atoms with E-state index in [-0.39, 0.29) is 5.41 Å². The van der Waals surface area contributed by atoms with Crippen LogP contribution in [0, 0.1) is 11.6 Å². The molecule has 0 N–H and O–H groups in total. The van der Waals surface area contributed by atoms with Crippen LogP contribution in [0.5, 0.6) is 0 Å². The molecular weight excluding hydrogens is 272 g/mol. The Balaban J connectivity index is 2.10. The van der Waals surface area contributed by atoms with Crippen LogP contribution in [0.4, 0.5) is 8.78 Å². The predicted octanol–water partition coefficient (Wildman–Crippen LogP) is 3.97. The smallest absolute Gasteiger partial charge is 0.159 e. The normalized spacial score (nSPS) is 12.0. The van der Waals surface area contributed by atoms with Crippen molar-refractivity contribution in [2.75, 3.05) is 0 Å². The maximum absolute atomic E-state index is 13.3. The standard InChI is InChI=1S/C16H15F2N3/c1-16(2,3)14-7-15-19-8-11(9-21(15)20-14)10-4-5-12(17)13(18)6-10/h4-9H,1-3H3. The maximum atomic E-state index is 13.3. The van der Waals surface area contributed by atoms with Gasteiger partial charge in [-0.2, -0.15) is 5.10 Å². The number of nitrogens with zero attached hydrogens (tertiary/aromatic N) is 3. The first kappa shape index (κ1) is 13.7. The third kappa shape index (κ3) is 2.51. The molecule has 0 atom stereocenters. The molecule has 0 saturated heterocycles. The van der Waals surface area contributed by atoms with Crippen molar-refractivity contribution in [3.05, 3.63) is 54.0 Å². The molecule has 0 spiro atoms. The lowest BCUT2D eigenvalue weighted by atomic mass is 9.93. The summed E-state index contributed by atoms with van der Waals surface area (Å²) in [7, 11) is 0. The van der Waals surface area contributed by atoms with E-state index in [2.05, 4.69) is 30.9 Å². The summed E-state index contributed by atoms with van der Waals surface area (Å²) in [6.45, 7) is 6.22. The quantitative estimate of drug-likeness (QED) is 0.678. The van der Waals surface area contributed by atoms with Gasteiger partial charge in [-0.25, -0.2) is 18.3 Å². The SMILES string of the molecule is CC(C)(C)c1cc2ncc(-c3ccc(F)c(F)c3)cn2n1. The minimum Gasteiger partial charge on any atom is -0.236 e. The summed E-state index contributed by atoms with van der Waals surface area (Å²) in [5, 5.41) is 4.50. The van der Waals surface area contributed by atoms with Gasteiger partial charge in [0.1, 0.15) is 0 Å². The molecule has 2 heterocycles. The second-order valence-corrected chi connectivity index (χ2v) is 6.05. The van der Waals surface area contributed by atoms with Crippen LogP contribution in [-0.4, -0.2) is 14.6 Å². The summed E-state index contributed by atoms with van der Waals surface area (Å²) in [6, 6.07) is 5.72. The molecule has 0 saturated carbocycles. The van der Waals surface area contributed by atoms with E-state index in [1.165, 1.54) is 6.07 Å². The largest absolute Gasteiger partial charge is 0.236 e. The summed E-state index contributed by atoms with van der Waals surface area (Å²) in [4.78, 5) is 4.33. The highest BCUT2D eigenvalue weighted by atomic mass is 19.2. The van der Waals surface area contributed by atoms with Gasteiger partial charge in [0.15, 0.2) is 17.3 Å². The molecule has 0 amide bonds. The fourth-order valence-electron chi connectivity index (χ4n) is 2.07. The van der Waals surface area contributed by atoms with Gasteiger partial charge in [0.25, 0.3) is 0 Å². The van der Waals surface area contributed by atoms with Crippen LogP contribution < -0.4 is 0 Å². The lowest BCUT2D eigenvalue weighted by Crippen LogP contribution is -2.11. The minimum atomic E-state index is -0.872. The fraction of sp³-hybridized carbons (Fsp3) is 0.250. The highest BCUT2D eigenvalue weighted by molar-refractivity contribution is 5.63. The summed E-state index contributed by atoms with van der Waals surface area (Å²) >= 11 is 0. The molecule has 108 valence electrons. The second kappa shape index (κ2) is 4.62. The molecule has 3 nitrogen and oxygen atoms in total. The van der Waals surface area contributed by atoms with Crippen molar-refractivity contribution in [1.82, 2.24) is 14.6 Å². The zero-order valence-electron chi connectivity index (χ0n) is 12.1. The average Bonchev–Trinajstić information content (AvgIpc) is 2.85. The summed E-state index contributed by atoms with van der Waals surface area (Å²) in [6.07, 6.45) is 3.40. The Morgan fingerprint density at radius 3 is 2.43 bits per heavy atom. The first-order valence-electron chi connectivity index (χ1n) is 6.66. The van der Waals surface area contributed by atoms with E-state index in [1.807, 2.05) is 6.07 Å². The van der Waals surface area contributed by atoms with Crippen molar-refractivity contribution in [1.29, 1.82) is 0 Å². The Labute approximate surface area is 121 Å². The number of halogens is 2. The molecule has 0 aliphatic carbocycles. The van der Waals surface area contributed by atoms with E-state index in [4.69, 9.17) is 0 Å². The third-order valence-corrected chi connectivity index (χ3v) is 3.33. The van der Waals surface area contributed by atoms with Crippen LogP contribution in [0.2, 0.25) is 0 Å². The number of hydrogen-bond acceptors (Lipinski definition) is 2. The highest BCUT2D eigenvalue weighted by Gasteiger charge is 2.18. The van der Waals surface area contributed by atoms with Crippen LogP contribution in [0.25, 0.3) is 16.8 Å². The topological polar surface area (TPSA) is 30.2 Å². The fourth-order valence-corrected chi connectivity index (χ4v) is 2.07. The number of rotatable bonds is 1. The molecule has 3 rings (SSSR count). The van der Waals surface area contributed by atoms with Crippen molar-refractivity contribution < 1.29 is 8.78 Å². The Kier molecular flexibility index (Phi) is 3.01. The monoisotopic (exact) mass is 287 g/mol. The number of hydrogen-bond donors (Lipinski definition) is 0. The van der Waals surface area contributed by atoms with Crippen molar-refractivity contribution >= 4 is 5.65 Å². The van der Waals surface area contributed by atoms with E-state index in [1.54, 1.807) is 16.9 Å². The van der Waals surface area contributed by atoms with Crippen molar-refractivity contribution in [2.45, 2.75) is 26.2 Å². The molecule has 1 aromatic carbocycles. The number of fused-ring (bicyclic) bond motifs is 1. The van der Waals surface area contributed by atoms with Gasteiger partial charge in [0.2, 0.25) is 0 Å². The summed E-state index contributed by atoms with van der Waals surface area (Å²) < 4.78 is 28.0. The van der Waals surface area contributed by atoms with Gasteiger partial charge in [0, 0.05) is 29.4 Å². The van der Waals surface area contributed by atoms with E-state index >= 15 is 0 Å². The van der Waals surface area contributed by atoms with E-state index in [9.17, 15) is 8.78 Å². The Hall–Kier alpha value is -2.30. The average molecular weight is 287 g/mol. The summed E-state index contributed by atoms with van der Waals surface area (Å²) in [5.74, 6) is -1.73. The Morgan fingerprint density at radius 1 is 1.00 bits per heavy atom. The van der Waals surface area contributed by atoms with Gasteiger partial charge in [0.05, 0.1) is 5.69 Å². The maximum Gasteiger partial charge on any atom is 0.159 e. The third-order valence-electron chi connectivity index (χ3n) is 3.33. The van der Waals surface area contributed by atoms with Crippen LogP contribution in [0.15, 0.2) is 36.7 Å². The van der Waals surface area contributed by atoms with E-state index in [0.29, 0.717) is 11.1 Å². The molecule has 0 fully saturated rings. The molecule has 3 aromatic rings. The summed E-state index contributed by atoms with van der Waals surface area (Å²) in [5.41, 5.74) is 2.83. The minimum absolute atomic E-state index is 0.0736. The Morgan fingerprint density at radius 2 is 1.76 bits per heavy atom. The first-order chi connectivity index (χ1) is 9.84. The second-order valence-electron chi connectivity index (χ2n) is 6.05. The van der Waals surface area contributed by atoms with Gasteiger partial charge in [-0.15, -0.1) is 0 Å². The number of aromatic nitrogens is 3. The van der Waals surface area contributed by atoms with E-state index < -0.39 is 11.6 Å². The zero-order valence-corrected chi connectivity index (χ0v) is 12.1. The molecule has 0 unspecified atom stereocenters. The van der Waals surface area contributed by atoms with Gasteiger partial charge < -0.3 is 0 Å². The van der Waals surface area contributed by atoms with Gasteiger partial charge in [-0.1, -0.05) is 26.8 Å². The van der Waals surface area contributed by atoms with Crippen molar-refractivity contribution in [3.63, 3.8) is 0 Å². The van der Waals surface area contributed by atoms with Gasteiger partial charge in [-0.3, -0.25) is 0 Å². The first-order valence-corrected chi connectivity index (χ1v) is 6.66. The van der Waals surface area contributed by atoms with Gasteiger partial charge in [-0.05, 0) is 17.7 Å². The highest BCUT2D eigenvalue weighted by Crippen LogP contribution is 2.24. The lowest BCUT2D eigenvalue weighted by Gasteiger charge is -2.13. The number of benzene rings is 1. The molecule has 0 aliphatic rings. The van der Waals surface area contributed by atoms with Crippen molar-refractivity contribution in [3.8, 4) is 11.1 Å². The van der Waals surface area contributed by atoms with Crippen molar-refractivity contribution in [2.24, 2.45) is 0 Å². The molecular formula is C16H15F2N3. The molecule has 5 heteroatoms. The Bertz CT molecular complexity index is 816. The zero-order chi connectivity index (χ0) is 15.2. The molecule has 0 radical (unpaired) electrons. The van der Waals surface area contributed by atoms with Gasteiger partial charge >= 0.3 is 0 Å². The molecule has 0 aliphatic heterocycles. The molecule has 21 heavy (non-hydrogen) atoms. The van der Waals surface area contributed by atoms with Crippen LogP contribution >= 0.6 is 0 Å². The molecule has 0 bridgehead atoms.